The molecule has 18 heavy (non-hydrogen) atoms. The van der Waals surface area contributed by atoms with Crippen molar-refractivity contribution in [3.63, 3.8) is 0 Å². The molecule has 7 heteroatoms. The van der Waals surface area contributed by atoms with E-state index in [2.05, 4.69) is 13.8 Å². The summed E-state index contributed by atoms with van der Waals surface area (Å²) in [6.45, 7) is 4.77. The number of rotatable bonds is 6. The molecule has 0 bridgehead atoms. The fraction of sp³-hybridized carbons (Fsp3) is 0.636. The van der Waals surface area contributed by atoms with Gasteiger partial charge in [-0.15, -0.1) is 0 Å². The summed E-state index contributed by atoms with van der Waals surface area (Å²) in [4.78, 5) is 23.9. The predicted molar refractivity (Wildman–Crippen MR) is 63.2 cm³/mol. The summed E-state index contributed by atoms with van der Waals surface area (Å²) in [5, 5.41) is 9.32. The topological polar surface area (TPSA) is 84.3 Å². The average molecular weight is 260 g/mol. The van der Waals surface area contributed by atoms with Gasteiger partial charge in [0.2, 0.25) is 11.7 Å². The number of halogens is 1. The number of nitrogens with one attached hydrogen (secondary N) is 1. The largest absolute Gasteiger partial charge is 0.492 e. The lowest BCUT2D eigenvalue weighted by atomic mass is 10.1. The van der Waals surface area contributed by atoms with Gasteiger partial charge in [-0.05, 0) is 12.3 Å². The number of aromatic hydroxyl groups is 1. The summed E-state index contributed by atoms with van der Waals surface area (Å²) in [5.74, 6) is -1.82. The van der Waals surface area contributed by atoms with Crippen LogP contribution in [0, 0.1) is 11.7 Å². The molecule has 0 aliphatic heterocycles. The van der Waals surface area contributed by atoms with Crippen LogP contribution in [0.25, 0.3) is 0 Å². The van der Waals surface area contributed by atoms with Gasteiger partial charge in [-0.3, -0.25) is 14.3 Å². The fourth-order valence-electron chi connectivity index (χ4n) is 1.32. The molecule has 0 aliphatic carbocycles. The minimum absolute atomic E-state index is 0.0174. The van der Waals surface area contributed by atoms with Gasteiger partial charge in [-0.25, -0.2) is 4.79 Å². The van der Waals surface area contributed by atoms with E-state index in [-0.39, 0.29) is 13.2 Å². The van der Waals surface area contributed by atoms with E-state index in [0.29, 0.717) is 12.5 Å². The van der Waals surface area contributed by atoms with Gasteiger partial charge < -0.3 is 9.84 Å². The van der Waals surface area contributed by atoms with Gasteiger partial charge in [0.05, 0.1) is 13.2 Å². The van der Waals surface area contributed by atoms with Gasteiger partial charge in [0.1, 0.15) is 0 Å². The van der Waals surface area contributed by atoms with E-state index in [4.69, 9.17) is 4.74 Å². The van der Waals surface area contributed by atoms with Gasteiger partial charge in [0.15, 0.2) is 0 Å². The Morgan fingerprint density at radius 2 is 2.06 bits per heavy atom. The first kappa shape index (κ1) is 14.4. The number of aromatic nitrogens is 2. The van der Waals surface area contributed by atoms with Crippen LogP contribution in [0.5, 0.6) is 5.88 Å². The lowest BCUT2D eigenvalue weighted by molar-refractivity contribution is 0.113. The molecule has 0 aromatic carbocycles. The Bertz CT molecular complexity index is 507. The van der Waals surface area contributed by atoms with E-state index in [0.717, 1.165) is 11.0 Å². The van der Waals surface area contributed by atoms with E-state index >= 15 is 0 Å². The number of hydrogen-bond donors (Lipinski definition) is 2. The van der Waals surface area contributed by atoms with Crippen molar-refractivity contribution < 1.29 is 14.2 Å². The van der Waals surface area contributed by atoms with E-state index in [1.165, 1.54) is 0 Å². The molecule has 6 nitrogen and oxygen atoms in total. The Labute approximate surface area is 103 Å². The summed E-state index contributed by atoms with van der Waals surface area (Å²) < 4.78 is 19.0. The van der Waals surface area contributed by atoms with Crippen LogP contribution < -0.4 is 11.2 Å². The third-order valence-corrected chi connectivity index (χ3v) is 2.42. The molecule has 0 spiro atoms. The normalized spacial score (nSPS) is 11.1. The Balaban J connectivity index is 2.61. The van der Waals surface area contributed by atoms with E-state index < -0.39 is 22.9 Å². The van der Waals surface area contributed by atoms with Crippen molar-refractivity contribution in [3.05, 3.63) is 26.7 Å². The molecule has 1 heterocycles. The highest BCUT2D eigenvalue weighted by atomic mass is 19.1. The lowest BCUT2D eigenvalue weighted by Gasteiger charge is -2.09. The van der Waals surface area contributed by atoms with Crippen molar-refractivity contribution in [3.8, 4) is 5.88 Å². The molecule has 1 aromatic rings. The minimum atomic E-state index is -1.36. The summed E-state index contributed by atoms with van der Waals surface area (Å²) in [6, 6.07) is 0. The van der Waals surface area contributed by atoms with Crippen molar-refractivity contribution in [1.29, 1.82) is 0 Å². The number of nitrogens with zero attached hydrogens (tertiary/aromatic N) is 1. The first-order valence-electron chi connectivity index (χ1n) is 5.72. The first-order chi connectivity index (χ1) is 8.43. The zero-order valence-corrected chi connectivity index (χ0v) is 10.4. The van der Waals surface area contributed by atoms with Gasteiger partial charge >= 0.3 is 5.69 Å². The maximum atomic E-state index is 13.1. The molecular formula is C11H17FN2O4. The second-order valence-electron chi connectivity index (χ2n) is 4.34. The van der Waals surface area contributed by atoms with Crippen LogP contribution in [0.1, 0.15) is 20.3 Å². The third kappa shape index (κ3) is 3.69. The Hall–Kier alpha value is -1.63. The molecular weight excluding hydrogens is 243 g/mol. The molecule has 1 rings (SSSR count). The zero-order valence-electron chi connectivity index (χ0n) is 10.4. The Kier molecular flexibility index (Phi) is 5.08. The quantitative estimate of drug-likeness (QED) is 0.727. The molecule has 0 radical (unpaired) electrons. The smallest absolute Gasteiger partial charge is 0.331 e. The minimum Gasteiger partial charge on any atom is -0.492 e. The van der Waals surface area contributed by atoms with Crippen LogP contribution in [0.4, 0.5) is 4.39 Å². The number of ether oxygens (including phenoxy) is 1. The van der Waals surface area contributed by atoms with Crippen molar-refractivity contribution in [2.45, 2.75) is 26.8 Å². The SMILES string of the molecule is CC(C)CCOCCn1c(O)c(F)c(=O)[nH]c1=O. The molecule has 0 atom stereocenters. The average Bonchev–Trinajstić information content (AvgIpc) is 2.29. The predicted octanol–water partition coefficient (Wildman–Crippen LogP) is 0.444. The highest BCUT2D eigenvalue weighted by Gasteiger charge is 2.13. The first-order valence-corrected chi connectivity index (χ1v) is 5.72. The second kappa shape index (κ2) is 6.34. The summed E-state index contributed by atoms with van der Waals surface area (Å²) in [5.41, 5.74) is -2.08. The maximum absolute atomic E-state index is 13.1. The Morgan fingerprint density at radius 1 is 1.39 bits per heavy atom. The van der Waals surface area contributed by atoms with E-state index in [9.17, 15) is 19.1 Å². The summed E-state index contributed by atoms with van der Waals surface area (Å²) >= 11 is 0. The van der Waals surface area contributed by atoms with Crippen molar-refractivity contribution >= 4 is 0 Å². The number of H-pyrrole nitrogens is 1. The van der Waals surface area contributed by atoms with Gasteiger partial charge in [-0.2, -0.15) is 4.39 Å². The zero-order chi connectivity index (χ0) is 13.7. The van der Waals surface area contributed by atoms with Gasteiger partial charge in [-0.1, -0.05) is 13.8 Å². The fourth-order valence-corrected chi connectivity index (χ4v) is 1.32. The number of hydrogen-bond acceptors (Lipinski definition) is 4. The van der Waals surface area contributed by atoms with E-state index in [1.54, 1.807) is 4.98 Å². The van der Waals surface area contributed by atoms with Crippen molar-refractivity contribution in [2.75, 3.05) is 13.2 Å². The standard InChI is InChI=1S/C11H17FN2O4/c1-7(2)3-5-18-6-4-14-10(16)8(12)9(15)13-11(14)17/h7,16H,3-6H2,1-2H3,(H,13,15,17). The third-order valence-electron chi connectivity index (χ3n) is 2.42. The summed E-state index contributed by atoms with van der Waals surface area (Å²) in [6.07, 6.45) is 0.876. The Morgan fingerprint density at radius 3 is 2.67 bits per heavy atom. The van der Waals surface area contributed by atoms with Crippen LogP contribution in [0.3, 0.4) is 0 Å². The lowest BCUT2D eigenvalue weighted by Crippen LogP contribution is -2.32. The second-order valence-corrected chi connectivity index (χ2v) is 4.34. The molecule has 0 saturated carbocycles. The molecule has 0 fully saturated rings. The highest BCUT2D eigenvalue weighted by molar-refractivity contribution is 5.09. The molecule has 102 valence electrons. The van der Waals surface area contributed by atoms with E-state index in [1.807, 2.05) is 0 Å². The van der Waals surface area contributed by atoms with Crippen LogP contribution in [0.15, 0.2) is 9.59 Å². The van der Waals surface area contributed by atoms with Crippen LogP contribution in [-0.4, -0.2) is 27.9 Å². The molecule has 0 amide bonds. The molecule has 2 N–H and O–H groups in total. The highest BCUT2D eigenvalue weighted by Crippen LogP contribution is 2.07. The van der Waals surface area contributed by atoms with Crippen LogP contribution >= 0.6 is 0 Å². The summed E-state index contributed by atoms with van der Waals surface area (Å²) in [7, 11) is 0. The van der Waals surface area contributed by atoms with Crippen molar-refractivity contribution in [1.82, 2.24) is 9.55 Å². The molecule has 0 unspecified atom stereocenters. The van der Waals surface area contributed by atoms with Gasteiger partial charge in [0.25, 0.3) is 5.56 Å². The maximum Gasteiger partial charge on any atom is 0.331 e. The molecule has 0 aliphatic rings. The van der Waals surface area contributed by atoms with Crippen LogP contribution in [-0.2, 0) is 11.3 Å². The molecule has 1 aromatic heterocycles. The van der Waals surface area contributed by atoms with Gasteiger partial charge in [0, 0.05) is 6.61 Å². The monoisotopic (exact) mass is 260 g/mol. The number of aromatic amines is 1. The van der Waals surface area contributed by atoms with Crippen LogP contribution in [0.2, 0.25) is 0 Å². The molecule has 0 saturated heterocycles. The van der Waals surface area contributed by atoms with Crippen molar-refractivity contribution in [2.24, 2.45) is 5.92 Å².